The zero-order chi connectivity index (χ0) is 15.5. The van der Waals surface area contributed by atoms with Crippen molar-refractivity contribution in [2.75, 3.05) is 0 Å². The van der Waals surface area contributed by atoms with Gasteiger partial charge >= 0.3 is 6.36 Å². The van der Waals surface area contributed by atoms with Gasteiger partial charge in [0.1, 0.15) is 5.75 Å². The minimum Gasteiger partial charge on any atom is -0.406 e. The molecule has 1 aromatic heterocycles. The van der Waals surface area contributed by atoms with Crippen molar-refractivity contribution in [2.45, 2.75) is 32.3 Å². The largest absolute Gasteiger partial charge is 0.573 e. The molecule has 2 N–H and O–H groups in total. The second-order valence-corrected chi connectivity index (χ2v) is 4.63. The van der Waals surface area contributed by atoms with Crippen LogP contribution in [0, 0.1) is 0 Å². The number of nitrogens with zero attached hydrogens (tertiary/aromatic N) is 2. The predicted molar refractivity (Wildman–Crippen MR) is 71.7 cm³/mol. The van der Waals surface area contributed by atoms with Crippen molar-refractivity contribution in [2.24, 2.45) is 5.73 Å². The van der Waals surface area contributed by atoms with Crippen LogP contribution < -0.4 is 10.5 Å². The van der Waals surface area contributed by atoms with Gasteiger partial charge in [0.05, 0.1) is 6.20 Å². The molecule has 0 spiro atoms. The van der Waals surface area contributed by atoms with Gasteiger partial charge in [0.15, 0.2) is 0 Å². The molecular formula is C14H16F3N3O. The lowest BCUT2D eigenvalue weighted by atomic mass is 10.0. The Kier molecular flexibility index (Phi) is 4.52. The van der Waals surface area contributed by atoms with Crippen LogP contribution in [0.5, 0.6) is 5.75 Å². The van der Waals surface area contributed by atoms with E-state index in [1.54, 1.807) is 10.9 Å². The molecule has 0 saturated heterocycles. The molecule has 0 radical (unpaired) electrons. The van der Waals surface area contributed by atoms with Gasteiger partial charge in [-0.3, -0.25) is 4.68 Å². The van der Waals surface area contributed by atoms with Crippen molar-refractivity contribution >= 4 is 0 Å². The Morgan fingerprint density at radius 3 is 2.48 bits per heavy atom. The molecule has 4 nitrogen and oxygen atoms in total. The number of hydrogen-bond acceptors (Lipinski definition) is 3. The van der Waals surface area contributed by atoms with Crippen molar-refractivity contribution in [3.05, 3.63) is 47.8 Å². The number of alkyl halides is 3. The van der Waals surface area contributed by atoms with Gasteiger partial charge in [-0.15, -0.1) is 13.2 Å². The van der Waals surface area contributed by atoms with E-state index in [4.69, 9.17) is 5.73 Å². The zero-order valence-electron chi connectivity index (χ0n) is 11.5. The molecule has 1 heterocycles. The number of halogens is 3. The second kappa shape index (κ2) is 6.17. The topological polar surface area (TPSA) is 53.1 Å². The van der Waals surface area contributed by atoms with Crippen LogP contribution in [0.3, 0.4) is 0 Å². The normalized spacial score (nSPS) is 13.2. The molecule has 0 aliphatic carbocycles. The van der Waals surface area contributed by atoms with Crippen LogP contribution in [0.15, 0.2) is 36.7 Å². The van der Waals surface area contributed by atoms with E-state index in [1.165, 1.54) is 24.3 Å². The maximum absolute atomic E-state index is 12.1. The third-order valence-electron chi connectivity index (χ3n) is 3.01. The first-order valence-electron chi connectivity index (χ1n) is 6.50. The van der Waals surface area contributed by atoms with E-state index in [-0.39, 0.29) is 11.8 Å². The van der Waals surface area contributed by atoms with Crippen molar-refractivity contribution in [1.29, 1.82) is 0 Å². The van der Waals surface area contributed by atoms with Crippen molar-refractivity contribution < 1.29 is 17.9 Å². The summed E-state index contributed by atoms with van der Waals surface area (Å²) in [5, 5.41) is 4.15. The highest BCUT2D eigenvalue weighted by atomic mass is 19.4. The fourth-order valence-corrected chi connectivity index (χ4v) is 1.97. The van der Waals surface area contributed by atoms with Crippen LogP contribution in [0.1, 0.15) is 24.1 Å². The molecular weight excluding hydrogens is 283 g/mol. The first kappa shape index (κ1) is 15.4. The number of rotatable bonds is 5. The van der Waals surface area contributed by atoms with Gasteiger partial charge in [0.25, 0.3) is 0 Å². The zero-order valence-corrected chi connectivity index (χ0v) is 11.5. The molecule has 114 valence electrons. The molecule has 2 aromatic rings. The maximum Gasteiger partial charge on any atom is 0.573 e. The molecule has 0 aliphatic heterocycles. The van der Waals surface area contributed by atoms with Crippen LogP contribution >= 0.6 is 0 Å². The van der Waals surface area contributed by atoms with Gasteiger partial charge in [-0.05, 0) is 36.6 Å². The number of nitrogens with two attached hydrogens (primary N) is 1. The summed E-state index contributed by atoms with van der Waals surface area (Å²) in [6.45, 7) is 2.76. The molecule has 21 heavy (non-hydrogen) atoms. The maximum atomic E-state index is 12.1. The van der Waals surface area contributed by atoms with E-state index in [0.29, 0.717) is 6.42 Å². The Morgan fingerprint density at radius 2 is 1.95 bits per heavy atom. The summed E-state index contributed by atoms with van der Waals surface area (Å²) in [5.41, 5.74) is 7.79. The standard InChI is InChI=1S/C14H16F3N3O/c1-2-20-9-10(8-19-20)7-13(18)11-3-5-12(6-4-11)21-14(15,16)17/h3-6,8-9,13H,2,7,18H2,1H3. The molecule has 1 unspecified atom stereocenters. The molecule has 2 rings (SSSR count). The van der Waals surface area contributed by atoms with Crippen molar-refractivity contribution in [3.63, 3.8) is 0 Å². The minimum absolute atomic E-state index is 0.253. The van der Waals surface area contributed by atoms with Crippen LogP contribution in [-0.2, 0) is 13.0 Å². The second-order valence-electron chi connectivity index (χ2n) is 4.63. The molecule has 0 aliphatic rings. The Labute approximate surface area is 120 Å². The van der Waals surface area contributed by atoms with E-state index >= 15 is 0 Å². The summed E-state index contributed by atoms with van der Waals surface area (Å²) in [5.74, 6) is -0.253. The Balaban J connectivity index is 2.00. The Bertz CT molecular complexity index is 578. The highest BCUT2D eigenvalue weighted by Crippen LogP contribution is 2.24. The van der Waals surface area contributed by atoms with E-state index in [0.717, 1.165) is 17.7 Å². The van der Waals surface area contributed by atoms with Gasteiger partial charge in [-0.2, -0.15) is 5.10 Å². The van der Waals surface area contributed by atoms with Gasteiger partial charge in [0.2, 0.25) is 0 Å². The lowest BCUT2D eigenvalue weighted by Crippen LogP contribution is -2.17. The summed E-state index contributed by atoms with van der Waals surface area (Å²) in [7, 11) is 0. The summed E-state index contributed by atoms with van der Waals surface area (Å²) >= 11 is 0. The number of benzene rings is 1. The fraction of sp³-hybridized carbons (Fsp3) is 0.357. The fourth-order valence-electron chi connectivity index (χ4n) is 1.97. The summed E-state index contributed by atoms with van der Waals surface area (Å²) < 4.78 is 41.8. The minimum atomic E-state index is -4.68. The summed E-state index contributed by atoms with van der Waals surface area (Å²) in [6, 6.07) is 5.29. The van der Waals surface area contributed by atoms with E-state index in [2.05, 4.69) is 9.84 Å². The van der Waals surface area contributed by atoms with Crippen LogP contribution in [0.4, 0.5) is 13.2 Å². The number of aromatic nitrogens is 2. The molecule has 0 amide bonds. The van der Waals surface area contributed by atoms with Gasteiger partial charge < -0.3 is 10.5 Å². The number of ether oxygens (including phenoxy) is 1. The van der Waals surface area contributed by atoms with Gasteiger partial charge in [-0.25, -0.2) is 0 Å². The third kappa shape index (κ3) is 4.49. The van der Waals surface area contributed by atoms with E-state index < -0.39 is 6.36 Å². The monoisotopic (exact) mass is 299 g/mol. The third-order valence-corrected chi connectivity index (χ3v) is 3.01. The van der Waals surface area contributed by atoms with Crippen LogP contribution in [0.2, 0.25) is 0 Å². The average Bonchev–Trinajstić information content (AvgIpc) is 2.85. The predicted octanol–water partition coefficient (Wildman–Crippen LogP) is 3.04. The highest BCUT2D eigenvalue weighted by molar-refractivity contribution is 5.30. The smallest absolute Gasteiger partial charge is 0.406 e. The average molecular weight is 299 g/mol. The number of hydrogen-bond donors (Lipinski definition) is 1. The van der Waals surface area contributed by atoms with E-state index in [9.17, 15) is 13.2 Å². The molecule has 0 saturated carbocycles. The SMILES string of the molecule is CCn1cc(CC(N)c2ccc(OC(F)(F)F)cc2)cn1. The Morgan fingerprint density at radius 1 is 1.29 bits per heavy atom. The van der Waals surface area contributed by atoms with Crippen LogP contribution in [-0.4, -0.2) is 16.1 Å². The van der Waals surface area contributed by atoms with Gasteiger partial charge in [-0.1, -0.05) is 12.1 Å². The molecule has 1 aromatic carbocycles. The quantitative estimate of drug-likeness (QED) is 0.923. The van der Waals surface area contributed by atoms with Crippen LogP contribution in [0.25, 0.3) is 0 Å². The summed E-state index contributed by atoms with van der Waals surface area (Å²) in [6.07, 6.45) is -0.469. The molecule has 0 fully saturated rings. The Hall–Kier alpha value is -2.02. The molecule has 7 heteroatoms. The lowest BCUT2D eigenvalue weighted by molar-refractivity contribution is -0.274. The number of aryl methyl sites for hydroxylation is 1. The summed E-state index contributed by atoms with van der Waals surface area (Å²) in [4.78, 5) is 0. The van der Waals surface area contributed by atoms with Gasteiger partial charge in [0, 0.05) is 18.8 Å². The molecule has 0 bridgehead atoms. The first-order chi connectivity index (χ1) is 9.87. The lowest BCUT2D eigenvalue weighted by Gasteiger charge is -2.13. The van der Waals surface area contributed by atoms with Crippen molar-refractivity contribution in [3.8, 4) is 5.75 Å². The molecule has 1 atom stereocenters. The van der Waals surface area contributed by atoms with E-state index in [1.807, 2.05) is 13.1 Å². The first-order valence-corrected chi connectivity index (χ1v) is 6.50. The van der Waals surface area contributed by atoms with Crippen molar-refractivity contribution in [1.82, 2.24) is 9.78 Å². The highest BCUT2D eigenvalue weighted by Gasteiger charge is 2.31.